The highest BCUT2D eigenvalue weighted by molar-refractivity contribution is 5.75. The van der Waals surface area contributed by atoms with Crippen molar-refractivity contribution in [2.75, 3.05) is 25.0 Å². The second kappa shape index (κ2) is 10.1. The van der Waals surface area contributed by atoms with Crippen molar-refractivity contribution in [2.45, 2.75) is 57.4 Å². The number of nitrogens with one attached hydrogen (secondary N) is 1. The van der Waals surface area contributed by atoms with Crippen LogP contribution in [0.4, 0.5) is 5.69 Å². The van der Waals surface area contributed by atoms with Gasteiger partial charge in [-0.05, 0) is 73.7 Å². The molecule has 2 aliphatic heterocycles. The maximum absolute atomic E-state index is 11.9. The van der Waals surface area contributed by atoms with Gasteiger partial charge in [0.15, 0.2) is 0 Å². The van der Waals surface area contributed by atoms with Gasteiger partial charge < -0.3 is 10.4 Å². The minimum absolute atomic E-state index is 0.506. The molecular weight excluding hydrogens is 372 g/mol. The van der Waals surface area contributed by atoms with Crippen molar-refractivity contribution in [2.24, 2.45) is 5.92 Å². The summed E-state index contributed by atoms with van der Waals surface area (Å²) in [7, 11) is 0. The second-order valence-electron chi connectivity index (χ2n) is 8.92. The molecule has 2 aromatic carbocycles. The zero-order valence-electron chi connectivity index (χ0n) is 17.9. The molecule has 4 rings (SSSR count). The summed E-state index contributed by atoms with van der Waals surface area (Å²) in [5, 5.41) is 13.3. The zero-order chi connectivity index (χ0) is 20.8. The molecule has 2 aromatic rings. The molecule has 2 atom stereocenters. The Labute approximate surface area is 180 Å². The second-order valence-corrected chi connectivity index (χ2v) is 8.92. The average molecular weight is 407 g/mol. The fourth-order valence-electron chi connectivity index (χ4n) is 5.08. The molecule has 0 saturated carbocycles. The van der Waals surface area contributed by atoms with Gasteiger partial charge in [0.2, 0.25) is 0 Å². The molecule has 2 heterocycles. The van der Waals surface area contributed by atoms with Gasteiger partial charge in [0.05, 0.1) is 0 Å². The molecule has 0 bridgehead atoms. The quantitative estimate of drug-likeness (QED) is 0.555. The Morgan fingerprint density at radius 2 is 2.00 bits per heavy atom. The summed E-state index contributed by atoms with van der Waals surface area (Å²) < 4.78 is 0. The number of hydrogen-bond donors (Lipinski definition) is 2. The number of nitrogens with zero attached hydrogens (tertiary/aromatic N) is 1. The molecule has 1 fully saturated rings. The standard InChI is InChI=1S/C26H34N2O2/c29-26(30)25(23-10-5-2-6-11-23)28-17-15-21(19-28)9-4-1-3-8-20-13-14-22-12-7-16-27-24(22)18-20/h2,5-6,10-11,13-14,18,21,25,27H,1,3-4,7-9,12,15-17,19H2,(H,29,30)/t21-,25?/m1/s1. The molecular formula is C26H34N2O2. The number of aliphatic carboxylic acids is 1. The first-order valence-electron chi connectivity index (χ1n) is 11.6. The number of anilines is 1. The van der Waals surface area contributed by atoms with E-state index < -0.39 is 12.0 Å². The Hall–Kier alpha value is -2.33. The summed E-state index contributed by atoms with van der Waals surface area (Å²) in [4.78, 5) is 14.0. The van der Waals surface area contributed by atoms with Gasteiger partial charge in [-0.2, -0.15) is 0 Å². The summed E-state index contributed by atoms with van der Waals surface area (Å²) in [6.07, 6.45) is 9.65. The van der Waals surface area contributed by atoms with E-state index >= 15 is 0 Å². The van der Waals surface area contributed by atoms with Gasteiger partial charge in [-0.25, -0.2) is 0 Å². The van der Waals surface area contributed by atoms with Crippen LogP contribution in [0.1, 0.15) is 61.3 Å². The Morgan fingerprint density at radius 3 is 2.83 bits per heavy atom. The molecule has 0 radical (unpaired) electrons. The van der Waals surface area contributed by atoms with E-state index in [4.69, 9.17) is 0 Å². The van der Waals surface area contributed by atoms with Crippen molar-refractivity contribution in [3.8, 4) is 0 Å². The summed E-state index contributed by atoms with van der Waals surface area (Å²) in [6.45, 7) is 2.89. The molecule has 4 nitrogen and oxygen atoms in total. The van der Waals surface area contributed by atoms with Crippen LogP contribution in [0, 0.1) is 5.92 Å². The predicted octanol–water partition coefficient (Wildman–Crippen LogP) is 5.30. The van der Waals surface area contributed by atoms with Crippen molar-refractivity contribution < 1.29 is 9.90 Å². The van der Waals surface area contributed by atoms with E-state index in [1.54, 1.807) is 0 Å². The number of likely N-dealkylation sites (tertiary alicyclic amines) is 1. The van der Waals surface area contributed by atoms with E-state index in [0.717, 1.165) is 38.0 Å². The lowest BCUT2D eigenvalue weighted by atomic mass is 9.97. The van der Waals surface area contributed by atoms with Gasteiger partial charge in [-0.1, -0.05) is 55.3 Å². The number of carboxylic acid groups (broad SMARTS) is 1. The monoisotopic (exact) mass is 406 g/mol. The molecule has 160 valence electrons. The molecule has 1 saturated heterocycles. The lowest BCUT2D eigenvalue weighted by molar-refractivity contribution is -0.143. The van der Waals surface area contributed by atoms with Crippen LogP contribution < -0.4 is 5.32 Å². The molecule has 4 heteroatoms. The van der Waals surface area contributed by atoms with Crippen molar-refractivity contribution in [1.29, 1.82) is 0 Å². The smallest absolute Gasteiger partial charge is 0.325 e. The number of fused-ring (bicyclic) bond motifs is 1. The van der Waals surface area contributed by atoms with Crippen LogP contribution in [0.5, 0.6) is 0 Å². The third kappa shape index (κ3) is 5.23. The van der Waals surface area contributed by atoms with Gasteiger partial charge in [0.1, 0.15) is 6.04 Å². The molecule has 0 amide bonds. The van der Waals surface area contributed by atoms with E-state index in [-0.39, 0.29) is 0 Å². The lowest BCUT2D eigenvalue weighted by Gasteiger charge is -2.24. The van der Waals surface area contributed by atoms with E-state index in [1.165, 1.54) is 55.3 Å². The highest BCUT2D eigenvalue weighted by atomic mass is 16.4. The van der Waals surface area contributed by atoms with Gasteiger partial charge >= 0.3 is 5.97 Å². The topological polar surface area (TPSA) is 52.6 Å². The number of unbranched alkanes of at least 4 members (excludes halogenated alkanes) is 2. The number of aryl methyl sites for hydroxylation is 2. The first-order chi connectivity index (χ1) is 14.7. The van der Waals surface area contributed by atoms with Crippen molar-refractivity contribution in [3.05, 3.63) is 65.2 Å². The first kappa shape index (κ1) is 20.9. The minimum Gasteiger partial charge on any atom is -0.480 e. The number of carbonyl (C=O) groups is 1. The molecule has 2 N–H and O–H groups in total. The van der Waals surface area contributed by atoms with Crippen molar-refractivity contribution in [3.63, 3.8) is 0 Å². The van der Waals surface area contributed by atoms with Gasteiger partial charge in [-0.3, -0.25) is 9.69 Å². The molecule has 0 spiro atoms. The van der Waals surface area contributed by atoms with Crippen LogP contribution in [0.25, 0.3) is 0 Å². The third-order valence-electron chi connectivity index (χ3n) is 6.72. The van der Waals surface area contributed by atoms with Gasteiger partial charge in [-0.15, -0.1) is 0 Å². The van der Waals surface area contributed by atoms with Gasteiger partial charge in [0.25, 0.3) is 0 Å². The molecule has 0 aliphatic carbocycles. The third-order valence-corrected chi connectivity index (χ3v) is 6.72. The Bertz CT molecular complexity index is 836. The zero-order valence-corrected chi connectivity index (χ0v) is 17.9. The Kier molecular flexibility index (Phi) is 7.06. The Morgan fingerprint density at radius 1 is 1.13 bits per heavy atom. The SMILES string of the molecule is O=C(O)C(c1ccccc1)N1CC[C@@H](CCCCCc2ccc3c(c2)NCCC3)C1. The number of rotatable bonds is 9. The number of hydrogen-bond acceptors (Lipinski definition) is 3. The van der Waals surface area contributed by atoms with E-state index in [2.05, 4.69) is 28.4 Å². The molecule has 2 aliphatic rings. The minimum atomic E-state index is -0.735. The highest BCUT2D eigenvalue weighted by Gasteiger charge is 2.33. The maximum Gasteiger partial charge on any atom is 0.325 e. The largest absolute Gasteiger partial charge is 0.480 e. The number of carboxylic acids is 1. The summed E-state index contributed by atoms with van der Waals surface area (Å²) in [5.74, 6) is -0.107. The van der Waals surface area contributed by atoms with Crippen LogP contribution in [0.2, 0.25) is 0 Å². The average Bonchev–Trinajstić information content (AvgIpc) is 3.22. The van der Waals surface area contributed by atoms with Crippen LogP contribution in [-0.2, 0) is 17.6 Å². The number of benzene rings is 2. The lowest BCUT2D eigenvalue weighted by Crippen LogP contribution is -2.32. The molecule has 0 aromatic heterocycles. The van der Waals surface area contributed by atoms with Crippen molar-refractivity contribution in [1.82, 2.24) is 4.90 Å². The van der Waals surface area contributed by atoms with E-state index in [0.29, 0.717) is 5.92 Å². The fourth-order valence-corrected chi connectivity index (χ4v) is 5.08. The summed E-state index contributed by atoms with van der Waals surface area (Å²) in [5.41, 5.74) is 5.15. The van der Waals surface area contributed by atoms with Crippen LogP contribution >= 0.6 is 0 Å². The normalized spacial score (nSPS) is 19.8. The van der Waals surface area contributed by atoms with E-state index in [1.807, 2.05) is 30.3 Å². The van der Waals surface area contributed by atoms with Crippen molar-refractivity contribution >= 4 is 11.7 Å². The predicted molar refractivity (Wildman–Crippen MR) is 122 cm³/mol. The summed E-state index contributed by atoms with van der Waals surface area (Å²) in [6, 6.07) is 16.1. The molecule has 1 unspecified atom stereocenters. The van der Waals surface area contributed by atoms with Crippen LogP contribution in [-0.4, -0.2) is 35.6 Å². The maximum atomic E-state index is 11.9. The van der Waals surface area contributed by atoms with E-state index in [9.17, 15) is 9.90 Å². The highest BCUT2D eigenvalue weighted by Crippen LogP contribution is 2.30. The fraction of sp³-hybridized carbons (Fsp3) is 0.500. The first-order valence-corrected chi connectivity index (χ1v) is 11.6. The van der Waals surface area contributed by atoms with Crippen LogP contribution in [0.15, 0.2) is 48.5 Å². The Balaban J connectivity index is 1.19. The van der Waals surface area contributed by atoms with Gasteiger partial charge in [0, 0.05) is 18.8 Å². The molecule has 30 heavy (non-hydrogen) atoms. The summed E-state index contributed by atoms with van der Waals surface area (Å²) >= 11 is 0. The van der Waals surface area contributed by atoms with Crippen LogP contribution in [0.3, 0.4) is 0 Å².